The number of fused-ring (bicyclic) bond motifs is 1. The SMILES string of the molecule is O=C(Nc1cccc2c1OCCO2)[C@H]1C[C@@H]1c1cccc(O)c1. The fraction of sp³-hybridized carbons (Fsp3) is 0.278. The van der Waals surface area contributed by atoms with Crippen LogP contribution in [0.25, 0.3) is 0 Å². The molecule has 118 valence electrons. The van der Waals surface area contributed by atoms with Crippen molar-refractivity contribution < 1.29 is 19.4 Å². The van der Waals surface area contributed by atoms with Crippen LogP contribution >= 0.6 is 0 Å². The molecule has 5 nitrogen and oxygen atoms in total. The van der Waals surface area contributed by atoms with Gasteiger partial charge in [0.2, 0.25) is 5.91 Å². The molecule has 0 radical (unpaired) electrons. The van der Waals surface area contributed by atoms with Crippen LogP contribution in [0.5, 0.6) is 17.2 Å². The predicted octanol–water partition coefficient (Wildman–Crippen LogP) is 2.91. The van der Waals surface area contributed by atoms with Gasteiger partial charge in [-0.05, 0) is 42.2 Å². The lowest BCUT2D eigenvalue weighted by molar-refractivity contribution is -0.117. The standard InChI is InChI=1S/C18H17NO4/c20-12-4-1-3-11(9-12)13-10-14(13)18(21)19-15-5-2-6-16-17(15)23-8-7-22-16/h1-6,9,13-14,20H,7-8,10H2,(H,19,21)/t13-,14+/m1/s1. The first kappa shape index (κ1) is 13.9. The first-order chi connectivity index (χ1) is 11.2. The monoisotopic (exact) mass is 311 g/mol. The minimum absolute atomic E-state index is 0.0269. The number of phenolic OH excluding ortho intramolecular Hbond substituents is 1. The number of rotatable bonds is 3. The van der Waals surface area contributed by atoms with E-state index in [0.29, 0.717) is 30.4 Å². The number of nitrogens with one attached hydrogen (secondary N) is 1. The summed E-state index contributed by atoms with van der Waals surface area (Å²) in [4.78, 5) is 12.5. The number of carbonyl (C=O) groups is 1. The maximum absolute atomic E-state index is 12.5. The molecule has 1 aliphatic carbocycles. The maximum atomic E-state index is 12.5. The minimum atomic E-state index is -0.0721. The van der Waals surface area contributed by atoms with Crippen LogP contribution in [-0.2, 0) is 4.79 Å². The molecule has 0 bridgehead atoms. The van der Waals surface area contributed by atoms with Crippen LogP contribution in [0.3, 0.4) is 0 Å². The van der Waals surface area contributed by atoms with E-state index < -0.39 is 0 Å². The average Bonchev–Trinajstić information content (AvgIpc) is 3.36. The minimum Gasteiger partial charge on any atom is -0.508 e. The Morgan fingerprint density at radius 1 is 1.13 bits per heavy atom. The van der Waals surface area contributed by atoms with E-state index in [1.807, 2.05) is 24.3 Å². The van der Waals surface area contributed by atoms with Crippen molar-refractivity contribution in [2.24, 2.45) is 5.92 Å². The van der Waals surface area contributed by atoms with Gasteiger partial charge in [0, 0.05) is 5.92 Å². The van der Waals surface area contributed by atoms with E-state index in [2.05, 4.69) is 5.32 Å². The number of carbonyl (C=O) groups excluding carboxylic acids is 1. The third-order valence-electron chi connectivity index (χ3n) is 4.25. The Morgan fingerprint density at radius 2 is 1.96 bits per heavy atom. The summed E-state index contributed by atoms with van der Waals surface area (Å²) in [6.07, 6.45) is 0.793. The average molecular weight is 311 g/mol. The topological polar surface area (TPSA) is 67.8 Å². The van der Waals surface area contributed by atoms with E-state index >= 15 is 0 Å². The molecule has 0 unspecified atom stereocenters. The lowest BCUT2D eigenvalue weighted by atomic mass is 10.1. The third kappa shape index (κ3) is 2.70. The fourth-order valence-electron chi connectivity index (χ4n) is 3.01. The summed E-state index contributed by atoms with van der Waals surface area (Å²) >= 11 is 0. The number of para-hydroxylation sites is 1. The van der Waals surface area contributed by atoms with Crippen LogP contribution in [0, 0.1) is 5.92 Å². The van der Waals surface area contributed by atoms with Gasteiger partial charge < -0.3 is 19.9 Å². The summed E-state index contributed by atoms with van der Waals surface area (Å²) in [5.41, 5.74) is 1.65. The molecule has 23 heavy (non-hydrogen) atoms. The van der Waals surface area contributed by atoms with Crippen molar-refractivity contribution in [3.8, 4) is 17.2 Å². The van der Waals surface area contributed by atoms with Crippen molar-refractivity contribution >= 4 is 11.6 Å². The van der Waals surface area contributed by atoms with E-state index in [0.717, 1.165) is 12.0 Å². The highest BCUT2D eigenvalue weighted by Crippen LogP contribution is 2.49. The Kier molecular flexibility index (Phi) is 3.33. The molecule has 2 aliphatic rings. The summed E-state index contributed by atoms with van der Waals surface area (Å²) in [5, 5.41) is 12.5. The normalized spacial score (nSPS) is 21.6. The Balaban J connectivity index is 1.48. The second kappa shape index (κ2) is 5.50. The first-order valence-corrected chi connectivity index (χ1v) is 7.71. The van der Waals surface area contributed by atoms with Gasteiger partial charge in [-0.15, -0.1) is 0 Å². The van der Waals surface area contributed by atoms with Gasteiger partial charge in [0.25, 0.3) is 0 Å². The number of anilines is 1. The molecule has 0 saturated heterocycles. The number of phenols is 1. The summed E-state index contributed by atoms with van der Waals surface area (Å²) in [6.45, 7) is 1.00. The molecule has 4 rings (SSSR count). The molecule has 0 aromatic heterocycles. The molecule has 1 fully saturated rings. The van der Waals surface area contributed by atoms with E-state index in [9.17, 15) is 9.90 Å². The number of amides is 1. The van der Waals surface area contributed by atoms with Gasteiger partial charge in [0.05, 0.1) is 5.69 Å². The molecular formula is C18H17NO4. The Labute approximate surface area is 133 Å². The number of hydrogen-bond acceptors (Lipinski definition) is 4. The Morgan fingerprint density at radius 3 is 2.83 bits per heavy atom. The van der Waals surface area contributed by atoms with Crippen LogP contribution in [-0.4, -0.2) is 24.2 Å². The number of ether oxygens (including phenoxy) is 2. The molecule has 2 aromatic carbocycles. The van der Waals surface area contributed by atoms with E-state index in [1.165, 1.54) is 0 Å². The maximum Gasteiger partial charge on any atom is 0.228 e. The van der Waals surface area contributed by atoms with Gasteiger partial charge in [-0.25, -0.2) is 0 Å². The first-order valence-electron chi connectivity index (χ1n) is 7.71. The zero-order chi connectivity index (χ0) is 15.8. The fourth-order valence-corrected chi connectivity index (χ4v) is 3.01. The van der Waals surface area contributed by atoms with Crippen LogP contribution in [0.2, 0.25) is 0 Å². The van der Waals surface area contributed by atoms with E-state index in [-0.39, 0.29) is 23.5 Å². The van der Waals surface area contributed by atoms with Crippen molar-refractivity contribution in [1.29, 1.82) is 0 Å². The van der Waals surface area contributed by atoms with Crippen LogP contribution in [0.4, 0.5) is 5.69 Å². The molecule has 2 aromatic rings. The second-order valence-corrected chi connectivity index (χ2v) is 5.86. The molecule has 1 aliphatic heterocycles. The largest absolute Gasteiger partial charge is 0.508 e. The van der Waals surface area contributed by atoms with Crippen molar-refractivity contribution in [1.82, 2.24) is 0 Å². The molecule has 2 N–H and O–H groups in total. The molecular weight excluding hydrogens is 294 g/mol. The lowest BCUT2D eigenvalue weighted by Gasteiger charge is -2.21. The van der Waals surface area contributed by atoms with Crippen molar-refractivity contribution in [2.45, 2.75) is 12.3 Å². The third-order valence-corrected chi connectivity index (χ3v) is 4.25. The Bertz CT molecular complexity index is 758. The molecule has 1 heterocycles. The smallest absolute Gasteiger partial charge is 0.228 e. The summed E-state index contributed by atoms with van der Waals surface area (Å²) in [7, 11) is 0. The molecule has 1 amide bonds. The van der Waals surface area contributed by atoms with Gasteiger partial charge in [-0.1, -0.05) is 18.2 Å². The molecule has 2 atom stereocenters. The van der Waals surface area contributed by atoms with Crippen molar-refractivity contribution in [3.05, 3.63) is 48.0 Å². The number of aromatic hydroxyl groups is 1. The van der Waals surface area contributed by atoms with Crippen LogP contribution in [0.15, 0.2) is 42.5 Å². The highest BCUT2D eigenvalue weighted by molar-refractivity contribution is 5.97. The van der Waals surface area contributed by atoms with E-state index in [4.69, 9.17) is 9.47 Å². The predicted molar refractivity (Wildman–Crippen MR) is 85.0 cm³/mol. The number of benzene rings is 2. The van der Waals surface area contributed by atoms with Gasteiger partial charge >= 0.3 is 0 Å². The van der Waals surface area contributed by atoms with Gasteiger partial charge in [-0.2, -0.15) is 0 Å². The molecule has 5 heteroatoms. The summed E-state index contributed by atoms with van der Waals surface area (Å²) in [5.74, 6) is 1.56. The van der Waals surface area contributed by atoms with Gasteiger partial charge in [-0.3, -0.25) is 4.79 Å². The molecule has 0 spiro atoms. The highest BCUT2D eigenvalue weighted by Gasteiger charge is 2.44. The van der Waals surface area contributed by atoms with Crippen molar-refractivity contribution in [3.63, 3.8) is 0 Å². The lowest BCUT2D eigenvalue weighted by Crippen LogP contribution is -2.19. The quantitative estimate of drug-likeness (QED) is 0.914. The van der Waals surface area contributed by atoms with Crippen LogP contribution in [0.1, 0.15) is 17.9 Å². The Hall–Kier alpha value is -2.69. The molecule has 1 saturated carbocycles. The second-order valence-electron chi connectivity index (χ2n) is 5.86. The van der Waals surface area contributed by atoms with Crippen LogP contribution < -0.4 is 14.8 Å². The zero-order valence-electron chi connectivity index (χ0n) is 12.5. The highest BCUT2D eigenvalue weighted by atomic mass is 16.6. The zero-order valence-corrected chi connectivity index (χ0v) is 12.5. The van der Waals surface area contributed by atoms with Gasteiger partial charge in [0.1, 0.15) is 19.0 Å². The van der Waals surface area contributed by atoms with E-state index in [1.54, 1.807) is 18.2 Å². The van der Waals surface area contributed by atoms with Gasteiger partial charge in [0.15, 0.2) is 11.5 Å². The van der Waals surface area contributed by atoms with Crippen molar-refractivity contribution in [2.75, 3.05) is 18.5 Å². The summed E-state index contributed by atoms with van der Waals surface area (Å²) in [6, 6.07) is 12.6. The summed E-state index contributed by atoms with van der Waals surface area (Å²) < 4.78 is 11.1. The number of hydrogen-bond donors (Lipinski definition) is 2.